The molecule has 226 valence electrons. The van der Waals surface area contributed by atoms with Crippen molar-refractivity contribution in [1.82, 2.24) is 15.2 Å². The van der Waals surface area contributed by atoms with E-state index in [1.54, 1.807) is 40.1 Å². The normalized spacial score (nSPS) is 14.5. The first-order valence-electron chi connectivity index (χ1n) is 13.7. The maximum Gasteiger partial charge on any atom is 0.410 e. The van der Waals surface area contributed by atoms with Crippen molar-refractivity contribution < 1.29 is 33.8 Å². The van der Waals surface area contributed by atoms with E-state index in [9.17, 15) is 24.3 Å². The van der Waals surface area contributed by atoms with Gasteiger partial charge in [-0.15, -0.1) is 11.3 Å². The first-order valence-corrected chi connectivity index (χ1v) is 14.6. The second-order valence-electron chi connectivity index (χ2n) is 11.6. The highest BCUT2D eigenvalue weighted by molar-refractivity contribution is 7.09. The summed E-state index contributed by atoms with van der Waals surface area (Å²) < 4.78 is 11.1. The summed E-state index contributed by atoms with van der Waals surface area (Å²) in [6.07, 6.45) is -0.310. The Kier molecular flexibility index (Phi) is 12.3. The Balaban J connectivity index is 2.25. The lowest BCUT2D eigenvalue weighted by molar-refractivity contribution is -0.148. The highest BCUT2D eigenvalue weighted by Gasteiger charge is 2.33. The summed E-state index contributed by atoms with van der Waals surface area (Å²) >= 11 is 1.18. The number of rotatable bonds is 13. The molecular weight excluding hydrogens is 546 g/mol. The number of aromatic nitrogens is 1. The molecule has 0 spiro atoms. The van der Waals surface area contributed by atoms with Crippen LogP contribution in [-0.4, -0.2) is 63.7 Å². The van der Waals surface area contributed by atoms with Gasteiger partial charge in [0.05, 0.1) is 5.92 Å². The summed E-state index contributed by atoms with van der Waals surface area (Å²) in [5.74, 6) is -2.54. The van der Waals surface area contributed by atoms with Crippen LogP contribution in [0.4, 0.5) is 4.79 Å². The van der Waals surface area contributed by atoms with E-state index in [0.29, 0.717) is 11.4 Å². The zero-order valence-corrected chi connectivity index (χ0v) is 26.0. The molecule has 1 heterocycles. The first kappa shape index (κ1) is 33.7. The van der Waals surface area contributed by atoms with Gasteiger partial charge in [0.1, 0.15) is 16.3 Å². The molecule has 0 saturated heterocycles. The van der Waals surface area contributed by atoms with Crippen molar-refractivity contribution in [2.45, 2.75) is 91.5 Å². The molecule has 0 aliphatic rings. The molecule has 2 unspecified atom stereocenters. The van der Waals surface area contributed by atoms with Gasteiger partial charge in [-0.2, -0.15) is 0 Å². The van der Waals surface area contributed by atoms with Gasteiger partial charge in [-0.1, -0.05) is 51.1 Å². The molecule has 2 aromatic rings. The van der Waals surface area contributed by atoms with Gasteiger partial charge in [-0.25, -0.2) is 9.78 Å². The molecule has 2 amide bonds. The Labute approximate surface area is 246 Å². The number of thiazole rings is 1. The molecular formula is C30H43N3O7S. The van der Waals surface area contributed by atoms with Gasteiger partial charge in [0.15, 0.2) is 6.10 Å². The average Bonchev–Trinajstić information content (AvgIpc) is 3.35. The van der Waals surface area contributed by atoms with Crippen molar-refractivity contribution in [3.8, 4) is 0 Å². The third-order valence-corrected chi connectivity index (χ3v) is 7.40. The fourth-order valence-electron chi connectivity index (χ4n) is 4.38. The number of carboxylic acid groups (broad SMARTS) is 1. The van der Waals surface area contributed by atoms with Crippen LogP contribution in [0.2, 0.25) is 0 Å². The van der Waals surface area contributed by atoms with Crippen LogP contribution in [0.25, 0.3) is 0 Å². The summed E-state index contributed by atoms with van der Waals surface area (Å²) in [7, 11) is 1.65. The van der Waals surface area contributed by atoms with Gasteiger partial charge in [0.25, 0.3) is 5.91 Å². The van der Waals surface area contributed by atoms with E-state index in [4.69, 9.17) is 9.47 Å². The summed E-state index contributed by atoms with van der Waals surface area (Å²) in [5, 5.41) is 14.4. The van der Waals surface area contributed by atoms with Crippen LogP contribution in [0.5, 0.6) is 0 Å². The minimum Gasteiger partial charge on any atom is -0.481 e. The fraction of sp³-hybridized carbons (Fsp3) is 0.567. The van der Waals surface area contributed by atoms with Gasteiger partial charge in [0.2, 0.25) is 0 Å². The molecule has 4 atom stereocenters. The Morgan fingerprint density at radius 2 is 1.71 bits per heavy atom. The molecule has 0 bridgehead atoms. The molecule has 0 fully saturated rings. The number of hydrogen-bond acceptors (Lipinski definition) is 8. The minimum atomic E-state index is -0.937. The van der Waals surface area contributed by atoms with E-state index in [1.165, 1.54) is 23.2 Å². The van der Waals surface area contributed by atoms with Gasteiger partial charge >= 0.3 is 18.0 Å². The Hall–Kier alpha value is -3.47. The number of nitrogens with one attached hydrogen (secondary N) is 1. The van der Waals surface area contributed by atoms with E-state index in [1.807, 2.05) is 44.2 Å². The topological polar surface area (TPSA) is 135 Å². The predicted molar refractivity (Wildman–Crippen MR) is 157 cm³/mol. The zero-order valence-electron chi connectivity index (χ0n) is 25.2. The maximum atomic E-state index is 13.2. The van der Waals surface area contributed by atoms with Crippen molar-refractivity contribution >= 4 is 35.3 Å². The molecule has 0 radical (unpaired) electrons. The van der Waals surface area contributed by atoms with Crippen LogP contribution in [0.3, 0.4) is 0 Å². The summed E-state index contributed by atoms with van der Waals surface area (Å²) in [5.41, 5.74) is 0.447. The van der Waals surface area contributed by atoms with E-state index in [2.05, 4.69) is 10.3 Å². The number of hydrogen-bond donors (Lipinski definition) is 2. The molecule has 10 nitrogen and oxygen atoms in total. The molecule has 1 aromatic heterocycles. The van der Waals surface area contributed by atoms with Crippen LogP contribution in [0.1, 0.15) is 88.5 Å². The summed E-state index contributed by atoms with van der Waals surface area (Å²) in [6, 6.07) is 8.75. The summed E-state index contributed by atoms with van der Waals surface area (Å²) in [6.45, 7) is 12.2. The highest BCUT2D eigenvalue weighted by atomic mass is 32.1. The molecule has 2 N–H and O–H groups in total. The van der Waals surface area contributed by atoms with Crippen LogP contribution >= 0.6 is 11.3 Å². The number of carbonyl (C=O) groups is 4. The first-order chi connectivity index (χ1) is 19.1. The number of ether oxygens (including phenoxy) is 2. The molecule has 0 saturated carbocycles. The third-order valence-electron chi connectivity index (χ3n) is 6.46. The Morgan fingerprint density at radius 1 is 1.07 bits per heavy atom. The molecule has 0 aliphatic carbocycles. The maximum absolute atomic E-state index is 13.2. The number of carbonyl (C=O) groups excluding carboxylic acids is 3. The second kappa shape index (κ2) is 15.0. The van der Waals surface area contributed by atoms with E-state index in [0.717, 1.165) is 5.56 Å². The lowest BCUT2D eigenvalue weighted by Gasteiger charge is -2.34. The lowest BCUT2D eigenvalue weighted by Crippen LogP contribution is -2.44. The number of nitrogens with zero attached hydrogens (tertiary/aromatic N) is 2. The standard InChI is InChI=1S/C30H43N3O7S/c1-18(2)24(33(8)29(38)40-30(5,6)7)16-25(39-20(4)34)27-32-23(17-41-27)26(35)31-22(14-19(3)28(36)37)15-21-12-10-9-11-13-21/h9-13,17-19,22,24-25H,14-16H2,1-8H3,(H,31,35)(H,36,37)/t19?,22?,24-,25-/m1/s1. The smallest absolute Gasteiger partial charge is 0.410 e. The Morgan fingerprint density at radius 3 is 2.24 bits per heavy atom. The highest BCUT2D eigenvalue weighted by Crippen LogP contribution is 2.31. The van der Waals surface area contributed by atoms with Crippen LogP contribution in [0.15, 0.2) is 35.7 Å². The fourth-order valence-corrected chi connectivity index (χ4v) is 5.22. The number of esters is 1. The van der Waals surface area contributed by atoms with E-state index < -0.39 is 47.6 Å². The van der Waals surface area contributed by atoms with Crippen molar-refractivity contribution in [1.29, 1.82) is 0 Å². The van der Waals surface area contributed by atoms with Crippen molar-refractivity contribution in [3.63, 3.8) is 0 Å². The number of benzene rings is 1. The number of aliphatic carboxylic acids is 1. The number of amides is 2. The molecule has 41 heavy (non-hydrogen) atoms. The van der Waals surface area contributed by atoms with E-state index >= 15 is 0 Å². The molecule has 1 aromatic carbocycles. The zero-order chi connectivity index (χ0) is 30.9. The van der Waals surface area contributed by atoms with Gasteiger partial charge in [-0.05, 0) is 45.1 Å². The largest absolute Gasteiger partial charge is 0.481 e. The van der Waals surface area contributed by atoms with Gasteiger partial charge in [-0.3, -0.25) is 14.4 Å². The van der Waals surface area contributed by atoms with Crippen LogP contribution in [0, 0.1) is 11.8 Å². The predicted octanol–water partition coefficient (Wildman–Crippen LogP) is 5.48. The monoisotopic (exact) mass is 589 g/mol. The molecule has 11 heteroatoms. The van der Waals surface area contributed by atoms with Crippen LogP contribution < -0.4 is 5.32 Å². The van der Waals surface area contributed by atoms with Crippen molar-refractivity contribution in [2.75, 3.05) is 7.05 Å². The van der Waals surface area contributed by atoms with E-state index in [-0.39, 0.29) is 30.5 Å². The SMILES string of the molecule is CC(=O)O[C@H](C[C@H](C(C)C)N(C)C(=O)OC(C)(C)C)c1nc(C(=O)NC(Cc2ccccc2)CC(C)C(=O)O)cs1. The van der Waals surface area contributed by atoms with Gasteiger partial charge < -0.3 is 24.8 Å². The molecule has 2 rings (SSSR count). The minimum absolute atomic E-state index is 0.00303. The van der Waals surface area contributed by atoms with Crippen molar-refractivity contribution in [2.24, 2.45) is 11.8 Å². The van der Waals surface area contributed by atoms with Crippen LogP contribution in [-0.2, 0) is 25.5 Å². The lowest BCUT2D eigenvalue weighted by atomic mass is 9.96. The van der Waals surface area contributed by atoms with Gasteiger partial charge in [0, 0.05) is 37.9 Å². The Bertz CT molecular complexity index is 1180. The third kappa shape index (κ3) is 11.1. The second-order valence-corrected chi connectivity index (χ2v) is 12.5. The number of carboxylic acids is 1. The molecule has 0 aliphatic heterocycles. The quantitative estimate of drug-likeness (QED) is 0.293. The van der Waals surface area contributed by atoms with Crippen molar-refractivity contribution in [3.05, 3.63) is 52.0 Å². The summed E-state index contributed by atoms with van der Waals surface area (Å²) in [4.78, 5) is 55.5. The average molecular weight is 590 g/mol.